The average molecular weight is 572 g/mol. The highest BCUT2D eigenvalue weighted by Gasteiger charge is 2.20. The molecule has 41 heavy (non-hydrogen) atoms. The van der Waals surface area contributed by atoms with Crippen LogP contribution in [0.25, 0.3) is 0 Å². The van der Waals surface area contributed by atoms with Gasteiger partial charge >= 0.3 is 0 Å². The fourth-order valence-corrected chi connectivity index (χ4v) is 4.59. The summed E-state index contributed by atoms with van der Waals surface area (Å²) in [4.78, 5) is 40.2. The molecular formula is C32H37N5O3S. The summed E-state index contributed by atoms with van der Waals surface area (Å²) in [6.07, 6.45) is 6.81. The Balaban J connectivity index is 0.000000228. The zero-order chi connectivity index (χ0) is 30.3. The summed E-state index contributed by atoms with van der Waals surface area (Å²) >= 11 is 1.57. The van der Waals surface area contributed by atoms with Crippen molar-refractivity contribution in [2.45, 2.75) is 55.4 Å². The Morgan fingerprint density at radius 1 is 0.805 bits per heavy atom. The van der Waals surface area contributed by atoms with E-state index in [0.717, 1.165) is 38.8 Å². The molecule has 2 N–H and O–H groups in total. The minimum Gasteiger partial charge on any atom is -0.290 e. The number of benzene rings is 1. The molecule has 0 radical (unpaired) electrons. The van der Waals surface area contributed by atoms with E-state index in [0.29, 0.717) is 16.8 Å². The second kappa shape index (κ2) is 13.9. The maximum Gasteiger partial charge on any atom is 0.271 e. The van der Waals surface area contributed by atoms with Crippen LogP contribution >= 0.6 is 11.3 Å². The van der Waals surface area contributed by atoms with E-state index in [1.807, 2.05) is 85.0 Å². The number of amides is 1. The van der Waals surface area contributed by atoms with Gasteiger partial charge in [-0.15, -0.1) is 11.3 Å². The highest BCUT2D eigenvalue weighted by molar-refractivity contribution is 7.09. The Morgan fingerprint density at radius 2 is 1.34 bits per heavy atom. The molecule has 9 heteroatoms. The van der Waals surface area contributed by atoms with Crippen LogP contribution in [0.3, 0.4) is 0 Å². The van der Waals surface area contributed by atoms with Crippen LogP contribution in [0, 0.1) is 25.7 Å². The Hall–Kier alpha value is -4.24. The molecule has 2 aliphatic carbocycles. The lowest BCUT2D eigenvalue weighted by Gasteiger charge is -2.15. The number of anilines is 1. The summed E-state index contributed by atoms with van der Waals surface area (Å²) in [7, 11) is 0. The highest BCUT2D eigenvalue weighted by atomic mass is 32.1. The molecule has 4 rings (SSSR count). The molecule has 0 bridgehead atoms. The van der Waals surface area contributed by atoms with Gasteiger partial charge in [-0.2, -0.15) is 10.2 Å². The first kappa shape index (κ1) is 31.3. The number of thiazole rings is 1. The van der Waals surface area contributed by atoms with Crippen molar-refractivity contribution in [3.05, 3.63) is 92.4 Å². The molecule has 2 aromatic rings. The predicted octanol–water partition coefficient (Wildman–Crippen LogP) is 6.52. The summed E-state index contributed by atoms with van der Waals surface area (Å²) in [6, 6.07) is 7.34. The van der Waals surface area contributed by atoms with E-state index in [2.05, 4.69) is 26.0 Å². The van der Waals surface area contributed by atoms with Crippen LogP contribution in [0.1, 0.15) is 62.5 Å². The van der Waals surface area contributed by atoms with Gasteiger partial charge in [0.05, 0.1) is 16.4 Å². The van der Waals surface area contributed by atoms with Crippen molar-refractivity contribution in [3.8, 4) is 0 Å². The number of rotatable bonds is 6. The quantitative estimate of drug-likeness (QED) is 0.303. The molecule has 0 saturated heterocycles. The Morgan fingerprint density at radius 3 is 1.83 bits per heavy atom. The van der Waals surface area contributed by atoms with E-state index < -0.39 is 0 Å². The first-order valence-corrected chi connectivity index (χ1v) is 14.3. The molecule has 0 aliphatic heterocycles. The number of ketones is 2. The number of carbonyl (C=O) groups is 3. The molecule has 0 spiro atoms. The molecule has 0 saturated carbocycles. The molecule has 2 aliphatic rings. The fourth-order valence-electron chi connectivity index (χ4n) is 4.05. The van der Waals surface area contributed by atoms with E-state index in [1.165, 1.54) is 0 Å². The third-order valence-electron chi connectivity index (χ3n) is 6.48. The van der Waals surface area contributed by atoms with E-state index in [9.17, 15) is 14.4 Å². The van der Waals surface area contributed by atoms with Gasteiger partial charge in [0.15, 0.2) is 17.4 Å². The van der Waals surface area contributed by atoms with Gasteiger partial charge in [-0.25, -0.2) is 10.4 Å². The molecular weight excluding hydrogens is 534 g/mol. The standard InChI is InChI=1S/C18H20N2O2.C14H17N3OS/c1-11(2)15-10-16(13(4)9-17(15)21)19-20-18(22)14-8-6-5-7-12(14)3;1-8(2)11-6-12(9(3)5-13(11)18)16-17-14-7-19-10(4)15-14/h5-11H,1-4H3,(H,20,22);5-8,17H,1-4H3. The van der Waals surface area contributed by atoms with Gasteiger partial charge < -0.3 is 0 Å². The van der Waals surface area contributed by atoms with Crippen molar-refractivity contribution in [1.82, 2.24) is 10.4 Å². The number of hydrogen-bond donors (Lipinski definition) is 2. The van der Waals surface area contributed by atoms with Crippen LogP contribution in [-0.2, 0) is 9.59 Å². The van der Waals surface area contributed by atoms with Crippen LogP contribution in [0.4, 0.5) is 5.82 Å². The largest absolute Gasteiger partial charge is 0.290 e. The van der Waals surface area contributed by atoms with E-state index in [4.69, 9.17) is 0 Å². The maximum atomic E-state index is 12.2. The number of allylic oxidation sites excluding steroid dienone is 8. The number of hydrazone groups is 2. The zero-order valence-electron chi connectivity index (χ0n) is 24.8. The van der Waals surface area contributed by atoms with Crippen molar-refractivity contribution in [3.63, 3.8) is 0 Å². The summed E-state index contributed by atoms with van der Waals surface area (Å²) < 4.78 is 0. The first-order chi connectivity index (χ1) is 19.4. The minimum atomic E-state index is -0.255. The van der Waals surface area contributed by atoms with E-state index in [1.54, 1.807) is 35.6 Å². The first-order valence-electron chi connectivity index (χ1n) is 13.5. The molecule has 1 aromatic carbocycles. The van der Waals surface area contributed by atoms with Gasteiger partial charge in [-0.1, -0.05) is 45.9 Å². The van der Waals surface area contributed by atoms with Crippen LogP contribution < -0.4 is 10.9 Å². The molecule has 1 amide bonds. The fraction of sp³-hybridized carbons (Fsp3) is 0.312. The van der Waals surface area contributed by atoms with Crippen molar-refractivity contribution in [1.29, 1.82) is 0 Å². The molecule has 0 unspecified atom stereocenters. The highest BCUT2D eigenvalue weighted by Crippen LogP contribution is 2.21. The van der Waals surface area contributed by atoms with Crippen molar-refractivity contribution < 1.29 is 14.4 Å². The summed E-state index contributed by atoms with van der Waals surface area (Å²) in [6.45, 7) is 15.5. The van der Waals surface area contributed by atoms with Crippen LogP contribution in [0.15, 0.2) is 86.4 Å². The lowest BCUT2D eigenvalue weighted by Crippen LogP contribution is -2.22. The minimum absolute atomic E-state index is 0.0108. The smallest absolute Gasteiger partial charge is 0.271 e. The summed E-state index contributed by atoms with van der Waals surface area (Å²) in [5.41, 5.74) is 11.5. The van der Waals surface area contributed by atoms with E-state index >= 15 is 0 Å². The van der Waals surface area contributed by atoms with Gasteiger partial charge in [-0.3, -0.25) is 19.8 Å². The second-order valence-electron chi connectivity index (χ2n) is 10.5. The average Bonchev–Trinajstić information content (AvgIpc) is 3.32. The molecule has 0 atom stereocenters. The number of aryl methyl sites for hydroxylation is 2. The van der Waals surface area contributed by atoms with Crippen molar-refractivity contribution in [2.24, 2.45) is 22.0 Å². The maximum absolute atomic E-state index is 12.2. The number of nitrogens with one attached hydrogen (secondary N) is 2. The van der Waals surface area contributed by atoms with Crippen LogP contribution in [0.2, 0.25) is 0 Å². The van der Waals surface area contributed by atoms with Gasteiger partial charge in [0.2, 0.25) is 0 Å². The number of aromatic nitrogens is 1. The van der Waals surface area contributed by atoms with Crippen LogP contribution in [0.5, 0.6) is 0 Å². The third kappa shape index (κ3) is 8.38. The monoisotopic (exact) mass is 571 g/mol. The van der Waals surface area contributed by atoms with Gasteiger partial charge in [0.1, 0.15) is 0 Å². The number of hydrogen-bond acceptors (Lipinski definition) is 8. The predicted molar refractivity (Wildman–Crippen MR) is 167 cm³/mol. The number of carbonyl (C=O) groups excluding carboxylic acids is 3. The lowest BCUT2D eigenvalue weighted by molar-refractivity contribution is -0.112. The Kier molecular flexibility index (Phi) is 10.6. The number of nitrogens with zero attached hydrogens (tertiary/aromatic N) is 3. The molecule has 214 valence electrons. The second-order valence-corrected chi connectivity index (χ2v) is 11.6. The topological polar surface area (TPSA) is 113 Å². The van der Waals surface area contributed by atoms with E-state index in [-0.39, 0.29) is 29.3 Å². The molecule has 0 fully saturated rings. The lowest BCUT2D eigenvalue weighted by atomic mass is 9.90. The Bertz CT molecular complexity index is 1530. The van der Waals surface area contributed by atoms with Gasteiger partial charge in [0.25, 0.3) is 5.91 Å². The molecule has 1 heterocycles. The van der Waals surface area contributed by atoms with Gasteiger partial charge in [-0.05, 0) is 86.6 Å². The summed E-state index contributed by atoms with van der Waals surface area (Å²) in [5, 5.41) is 11.4. The van der Waals surface area contributed by atoms with Crippen LogP contribution in [-0.4, -0.2) is 33.9 Å². The molecule has 8 nitrogen and oxygen atoms in total. The van der Waals surface area contributed by atoms with Gasteiger partial charge in [0, 0.05) is 22.1 Å². The van der Waals surface area contributed by atoms with Crippen molar-refractivity contribution >= 4 is 46.1 Å². The third-order valence-corrected chi connectivity index (χ3v) is 7.25. The normalized spacial score (nSPS) is 17.1. The SMILES string of the molecule is CC1=CC(=O)C(C(C)C)=CC1=NNC(=O)c1ccccc1C.CC1=CC(=O)C(C(C)C)=CC1=NNc1csc(C)n1. The summed E-state index contributed by atoms with van der Waals surface area (Å²) in [5.74, 6) is 0.888. The Labute approximate surface area is 245 Å². The molecule has 1 aromatic heterocycles. The van der Waals surface area contributed by atoms with Crippen molar-refractivity contribution in [2.75, 3.05) is 5.43 Å². The zero-order valence-corrected chi connectivity index (χ0v) is 25.6.